The van der Waals surface area contributed by atoms with Crippen LogP contribution in [0.25, 0.3) is 0 Å². The highest BCUT2D eigenvalue weighted by molar-refractivity contribution is 5.98. The highest BCUT2D eigenvalue weighted by Crippen LogP contribution is 2.22. The van der Waals surface area contributed by atoms with Crippen LogP contribution in [0.2, 0.25) is 0 Å². The predicted molar refractivity (Wildman–Crippen MR) is 97.7 cm³/mol. The molecular formula is C20H23NO6. The summed E-state index contributed by atoms with van der Waals surface area (Å²) in [5.41, 5.74) is 2.42. The lowest BCUT2D eigenvalue weighted by Gasteiger charge is -2.07. The molecule has 0 atom stereocenters. The van der Waals surface area contributed by atoms with E-state index >= 15 is 0 Å². The van der Waals surface area contributed by atoms with E-state index in [0.717, 1.165) is 5.56 Å². The molecule has 1 aromatic heterocycles. The molecule has 0 spiro atoms. The molecule has 0 aliphatic heterocycles. The number of rotatable bonds is 7. The number of benzene rings is 1. The largest absolute Gasteiger partial charge is 0.462 e. The smallest absolute Gasteiger partial charge is 0.355 e. The van der Waals surface area contributed by atoms with E-state index in [2.05, 4.69) is 4.98 Å². The van der Waals surface area contributed by atoms with Gasteiger partial charge in [-0.05, 0) is 45.4 Å². The molecule has 27 heavy (non-hydrogen) atoms. The Hall–Kier alpha value is -3.09. The van der Waals surface area contributed by atoms with Crippen LogP contribution >= 0.6 is 0 Å². The number of carbonyl (C=O) groups is 3. The highest BCUT2D eigenvalue weighted by atomic mass is 16.5. The maximum Gasteiger partial charge on any atom is 0.355 e. The molecule has 0 fully saturated rings. The van der Waals surface area contributed by atoms with Crippen molar-refractivity contribution in [3.05, 3.63) is 57.9 Å². The number of aromatic nitrogens is 1. The third-order valence-corrected chi connectivity index (χ3v) is 3.92. The molecule has 0 amide bonds. The fraction of sp³-hybridized carbons (Fsp3) is 0.350. The second-order valence-electron chi connectivity index (χ2n) is 5.86. The topological polar surface area (TPSA) is 94.7 Å². The van der Waals surface area contributed by atoms with Gasteiger partial charge in [0.25, 0.3) is 0 Å². The van der Waals surface area contributed by atoms with Gasteiger partial charge >= 0.3 is 17.9 Å². The van der Waals surface area contributed by atoms with Crippen molar-refractivity contribution in [1.29, 1.82) is 0 Å². The van der Waals surface area contributed by atoms with Crippen LogP contribution in [0.15, 0.2) is 24.3 Å². The molecule has 7 nitrogen and oxygen atoms in total. The van der Waals surface area contributed by atoms with Crippen LogP contribution in [-0.4, -0.2) is 36.1 Å². The Bertz CT molecular complexity index is 835. The average Bonchev–Trinajstić information content (AvgIpc) is 2.97. The predicted octanol–water partition coefficient (Wildman–Crippen LogP) is 3.34. The van der Waals surface area contributed by atoms with E-state index in [4.69, 9.17) is 14.2 Å². The van der Waals surface area contributed by atoms with Crippen LogP contribution in [0.1, 0.15) is 61.9 Å². The molecule has 0 saturated heterocycles. The van der Waals surface area contributed by atoms with Crippen molar-refractivity contribution < 1.29 is 28.6 Å². The van der Waals surface area contributed by atoms with Crippen LogP contribution in [0.5, 0.6) is 0 Å². The lowest BCUT2D eigenvalue weighted by molar-refractivity contribution is 0.0445. The number of nitrogens with one attached hydrogen (secondary N) is 1. The van der Waals surface area contributed by atoms with Gasteiger partial charge in [-0.2, -0.15) is 0 Å². The average molecular weight is 373 g/mol. The van der Waals surface area contributed by atoms with Crippen molar-refractivity contribution in [3.8, 4) is 0 Å². The van der Waals surface area contributed by atoms with E-state index in [9.17, 15) is 14.4 Å². The van der Waals surface area contributed by atoms with Gasteiger partial charge in [0.2, 0.25) is 0 Å². The van der Waals surface area contributed by atoms with Crippen LogP contribution in [0, 0.1) is 13.8 Å². The normalized spacial score (nSPS) is 10.4. The Morgan fingerprint density at radius 2 is 1.44 bits per heavy atom. The zero-order valence-corrected chi connectivity index (χ0v) is 15.9. The summed E-state index contributed by atoms with van der Waals surface area (Å²) in [5, 5.41) is 0. The minimum atomic E-state index is -0.594. The SMILES string of the molecule is CCOC(=O)c1[nH]c(COC(=O)c2ccc(C)cc2)c(C(=O)OCC)c1C. The lowest BCUT2D eigenvalue weighted by Crippen LogP contribution is -2.11. The molecular weight excluding hydrogens is 350 g/mol. The van der Waals surface area contributed by atoms with Crippen LogP contribution in [0.4, 0.5) is 0 Å². The number of aromatic amines is 1. The molecule has 0 saturated carbocycles. The molecule has 2 rings (SSSR count). The molecule has 1 aromatic carbocycles. The summed E-state index contributed by atoms with van der Waals surface area (Å²) in [7, 11) is 0. The van der Waals surface area contributed by atoms with Crippen LogP contribution < -0.4 is 0 Å². The number of hydrogen-bond acceptors (Lipinski definition) is 6. The molecule has 0 aliphatic rings. The van der Waals surface area contributed by atoms with Crippen LogP contribution in [-0.2, 0) is 20.8 Å². The maximum absolute atomic E-state index is 12.3. The van der Waals surface area contributed by atoms with Gasteiger partial charge in [-0.3, -0.25) is 0 Å². The highest BCUT2D eigenvalue weighted by Gasteiger charge is 2.26. The number of carbonyl (C=O) groups excluding carboxylic acids is 3. The summed E-state index contributed by atoms with van der Waals surface area (Å²) in [4.78, 5) is 39.4. The van der Waals surface area contributed by atoms with Crippen molar-refractivity contribution in [1.82, 2.24) is 4.98 Å². The zero-order valence-electron chi connectivity index (χ0n) is 15.9. The first-order chi connectivity index (χ1) is 12.9. The van der Waals surface area contributed by atoms with Crippen molar-refractivity contribution in [2.45, 2.75) is 34.3 Å². The summed E-state index contributed by atoms with van der Waals surface area (Å²) in [6.45, 7) is 7.07. The summed E-state index contributed by atoms with van der Waals surface area (Å²) in [6.07, 6.45) is 0. The summed E-state index contributed by atoms with van der Waals surface area (Å²) < 4.78 is 15.3. The maximum atomic E-state index is 12.3. The molecule has 7 heteroatoms. The molecule has 0 radical (unpaired) electrons. The quantitative estimate of drug-likeness (QED) is 0.591. The second-order valence-corrected chi connectivity index (χ2v) is 5.86. The standard InChI is InChI=1S/C20H23NO6/c1-5-25-19(23)16-13(4)17(20(24)26-6-2)21-15(16)11-27-18(22)14-9-7-12(3)8-10-14/h7-10,21H,5-6,11H2,1-4H3. The van der Waals surface area contributed by atoms with Crippen molar-refractivity contribution in [2.75, 3.05) is 13.2 Å². The van der Waals surface area contributed by atoms with E-state index in [1.54, 1.807) is 45.0 Å². The van der Waals surface area contributed by atoms with Crippen LogP contribution in [0.3, 0.4) is 0 Å². The number of aryl methyl sites for hydroxylation is 1. The lowest BCUT2D eigenvalue weighted by atomic mass is 10.1. The van der Waals surface area contributed by atoms with Gasteiger partial charge in [-0.1, -0.05) is 17.7 Å². The molecule has 1 heterocycles. The number of esters is 3. The molecule has 0 aliphatic carbocycles. The van der Waals surface area contributed by atoms with E-state index in [1.165, 1.54) is 0 Å². The minimum absolute atomic E-state index is 0.140. The van der Waals surface area contributed by atoms with E-state index in [0.29, 0.717) is 11.1 Å². The third-order valence-electron chi connectivity index (χ3n) is 3.92. The Morgan fingerprint density at radius 1 is 0.852 bits per heavy atom. The molecule has 144 valence electrons. The van der Waals surface area contributed by atoms with Gasteiger partial charge in [-0.25, -0.2) is 14.4 Å². The fourth-order valence-corrected chi connectivity index (χ4v) is 2.56. The Kier molecular flexibility index (Phi) is 6.76. The Labute approximate surface area is 157 Å². The van der Waals surface area contributed by atoms with Crippen molar-refractivity contribution in [3.63, 3.8) is 0 Å². The molecule has 2 aromatic rings. The number of ether oxygens (including phenoxy) is 3. The summed E-state index contributed by atoms with van der Waals surface area (Å²) in [5.74, 6) is -1.71. The van der Waals surface area contributed by atoms with Gasteiger partial charge in [0.05, 0.1) is 30.0 Å². The molecule has 0 unspecified atom stereocenters. The first kappa shape index (κ1) is 20.2. The van der Waals surface area contributed by atoms with Gasteiger partial charge < -0.3 is 19.2 Å². The fourth-order valence-electron chi connectivity index (χ4n) is 2.56. The Morgan fingerprint density at radius 3 is 2.04 bits per heavy atom. The minimum Gasteiger partial charge on any atom is -0.462 e. The van der Waals surface area contributed by atoms with Gasteiger partial charge in [0, 0.05) is 0 Å². The Balaban J connectivity index is 2.26. The van der Waals surface area contributed by atoms with E-state index < -0.39 is 17.9 Å². The molecule has 0 bridgehead atoms. The van der Waals surface area contributed by atoms with Crippen molar-refractivity contribution in [2.24, 2.45) is 0 Å². The van der Waals surface area contributed by atoms with Gasteiger partial charge in [0.15, 0.2) is 0 Å². The van der Waals surface area contributed by atoms with Gasteiger partial charge in [-0.15, -0.1) is 0 Å². The summed E-state index contributed by atoms with van der Waals surface area (Å²) >= 11 is 0. The first-order valence-electron chi connectivity index (χ1n) is 8.68. The summed E-state index contributed by atoms with van der Waals surface area (Å²) in [6, 6.07) is 6.93. The van der Waals surface area contributed by atoms with Crippen molar-refractivity contribution >= 4 is 17.9 Å². The van der Waals surface area contributed by atoms with Gasteiger partial charge in [0.1, 0.15) is 12.3 Å². The number of H-pyrrole nitrogens is 1. The van der Waals surface area contributed by atoms with E-state index in [-0.39, 0.29) is 36.8 Å². The zero-order chi connectivity index (χ0) is 20.0. The monoisotopic (exact) mass is 373 g/mol. The third kappa shape index (κ3) is 4.75. The van der Waals surface area contributed by atoms with E-state index in [1.807, 2.05) is 6.92 Å². The first-order valence-corrected chi connectivity index (χ1v) is 8.68. The second kappa shape index (κ2) is 9.02. The molecule has 1 N–H and O–H groups in total. The number of hydrogen-bond donors (Lipinski definition) is 1.